The molecule has 0 aromatic rings. The van der Waals surface area contributed by atoms with E-state index in [1.807, 2.05) is 6.08 Å². The minimum Gasteiger partial charge on any atom is -0.284 e. The van der Waals surface area contributed by atoms with E-state index in [0.29, 0.717) is 0 Å². The van der Waals surface area contributed by atoms with Crippen molar-refractivity contribution in [3.63, 3.8) is 0 Å². The van der Waals surface area contributed by atoms with Crippen LogP contribution in [0.2, 0.25) is 0 Å². The molecule has 0 aliphatic rings. The van der Waals surface area contributed by atoms with Crippen LogP contribution in [0.3, 0.4) is 0 Å². The molecule has 2 N–H and O–H groups in total. The van der Waals surface area contributed by atoms with Crippen LogP contribution in [-0.4, -0.2) is 13.3 Å². The van der Waals surface area contributed by atoms with Gasteiger partial charge in [0.05, 0.1) is 0 Å². The van der Waals surface area contributed by atoms with Crippen LogP contribution in [0.25, 0.3) is 0 Å². The first kappa shape index (κ1) is 15.0. The molecule has 0 rings (SSSR count). The quantitative estimate of drug-likeness (QED) is 0.537. The summed E-state index contributed by atoms with van der Waals surface area (Å²) in [5.41, 5.74) is 1.31. The van der Waals surface area contributed by atoms with Crippen LogP contribution in [0.1, 0.15) is 32.6 Å². The lowest BCUT2D eigenvalue weighted by molar-refractivity contribution is 0.454. The molecule has 0 fully saturated rings. The van der Waals surface area contributed by atoms with Crippen molar-refractivity contribution < 1.29 is 13.3 Å². The van der Waals surface area contributed by atoms with Crippen LogP contribution in [0.5, 0.6) is 0 Å². The zero-order valence-corrected chi connectivity index (χ0v) is 8.85. The SMILES string of the molecule is C=CCC(=C)CCCC.O=S(O)O. The van der Waals surface area contributed by atoms with Gasteiger partial charge in [0, 0.05) is 0 Å². The Kier molecular flexibility index (Phi) is 13.4. The first-order valence-corrected chi connectivity index (χ1v) is 5.18. The lowest BCUT2D eigenvalue weighted by atomic mass is 10.1. The van der Waals surface area contributed by atoms with Gasteiger partial charge >= 0.3 is 0 Å². The predicted molar refractivity (Wildman–Crippen MR) is 56.9 cm³/mol. The smallest absolute Gasteiger partial charge is 0.284 e. The number of hydrogen-bond acceptors (Lipinski definition) is 1. The molecule has 0 aromatic carbocycles. The minimum absolute atomic E-state index is 0.986. The van der Waals surface area contributed by atoms with Crippen molar-refractivity contribution >= 4 is 11.4 Å². The maximum Gasteiger partial charge on any atom is 0.299 e. The maximum atomic E-state index is 8.67. The Labute approximate surface area is 82.7 Å². The Bertz CT molecular complexity index is 162. The van der Waals surface area contributed by atoms with Gasteiger partial charge in [-0.25, -0.2) is 0 Å². The van der Waals surface area contributed by atoms with Gasteiger partial charge in [0.25, 0.3) is 11.4 Å². The third-order valence-electron chi connectivity index (χ3n) is 1.32. The van der Waals surface area contributed by atoms with Crippen LogP contribution >= 0.6 is 0 Å². The van der Waals surface area contributed by atoms with Crippen molar-refractivity contribution in [1.29, 1.82) is 0 Å². The van der Waals surface area contributed by atoms with Crippen molar-refractivity contribution in [2.24, 2.45) is 0 Å². The summed E-state index contributed by atoms with van der Waals surface area (Å²) in [4.78, 5) is 0. The van der Waals surface area contributed by atoms with Gasteiger partial charge in [-0.2, -0.15) is 4.21 Å². The fraction of sp³-hybridized carbons (Fsp3) is 0.556. The van der Waals surface area contributed by atoms with E-state index in [0.717, 1.165) is 6.42 Å². The molecule has 0 saturated heterocycles. The third-order valence-corrected chi connectivity index (χ3v) is 1.32. The Balaban J connectivity index is 0. The molecule has 0 heterocycles. The van der Waals surface area contributed by atoms with E-state index in [2.05, 4.69) is 20.1 Å². The predicted octanol–water partition coefficient (Wildman–Crippen LogP) is 2.99. The highest BCUT2D eigenvalue weighted by Gasteiger charge is 1.88. The maximum absolute atomic E-state index is 8.67. The van der Waals surface area contributed by atoms with Gasteiger partial charge in [0.15, 0.2) is 0 Å². The number of unbranched alkanes of at least 4 members (excludes halogenated alkanes) is 1. The molecule has 0 bridgehead atoms. The molecule has 0 aliphatic carbocycles. The highest BCUT2D eigenvalue weighted by Crippen LogP contribution is 2.08. The molecule has 0 radical (unpaired) electrons. The van der Waals surface area contributed by atoms with Crippen molar-refractivity contribution in [2.45, 2.75) is 32.6 Å². The first-order chi connectivity index (χ1) is 6.04. The Morgan fingerprint density at radius 2 is 2.00 bits per heavy atom. The monoisotopic (exact) mass is 206 g/mol. The minimum atomic E-state index is -2.61. The van der Waals surface area contributed by atoms with Gasteiger partial charge < -0.3 is 0 Å². The molecule has 78 valence electrons. The topological polar surface area (TPSA) is 57.5 Å². The highest BCUT2D eigenvalue weighted by molar-refractivity contribution is 7.73. The van der Waals surface area contributed by atoms with Crippen molar-refractivity contribution in [2.75, 3.05) is 0 Å². The molecule has 0 aromatic heterocycles. The fourth-order valence-corrected chi connectivity index (χ4v) is 0.733. The van der Waals surface area contributed by atoms with Gasteiger partial charge in [-0.3, -0.25) is 9.11 Å². The van der Waals surface area contributed by atoms with E-state index < -0.39 is 11.4 Å². The second kappa shape index (κ2) is 11.6. The van der Waals surface area contributed by atoms with Gasteiger partial charge in [-0.15, -0.1) is 6.58 Å². The number of hydrogen-bond donors (Lipinski definition) is 2. The molecule has 0 unspecified atom stereocenters. The van der Waals surface area contributed by atoms with Crippen LogP contribution in [-0.2, 0) is 11.4 Å². The highest BCUT2D eigenvalue weighted by atomic mass is 32.2. The third kappa shape index (κ3) is 24.6. The standard InChI is InChI=1S/C9H16.H2O3S/c1-4-6-8-9(3)7-5-2;1-4(2)3/h5H,2-4,6-8H2,1H3;(H2,1,2,3). The van der Waals surface area contributed by atoms with Crippen molar-refractivity contribution in [3.05, 3.63) is 24.8 Å². The van der Waals surface area contributed by atoms with Crippen LogP contribution < -0.4 is 0 Å². The molecule has 0 amide bonds. The second-order valence-electron chi connectivity index (χ2n) is 2.58. The first-order valence-electron chi connectivity index (χ1n) is 4.12. The summed E-state index contributed by atoms with van der Waals surface area (Å²) >= 11 is -2.61. The summed E-state index contributed by atoms with van der Waals surface area (Å²) in [5, 5.41) is 0. The molecule has 0 atom stereocenters. The van der Waals surface area contributed by atoms with Crippen LogP contribution in [0.15, 0.2) is 24.8 Å². The van der Waals surface area contributed by atoms with Gasteiger partial charge in [0.1, 0.15) is 0 Å². The van der Waals surface area contributed by atoms with E-state index >= 15 is 0 Å². The molecule has 13 heavy (non-hydrogen) atoms. The Morgan fingerprint density at radius 3 is 2.31 bits per heavy atom. The summed E-state index contributed by atoms with van der Waals surface area (Å²) in [7, 11) is 0. The van der Waals surface area contributed by atoms with E-state index in [1.165, 1.54) is 24.8 Å². The van der Waals surface area contributed by atoms with E-state index in [-0.39, 0.29) is 0 Å². The molecular formula is C9H18O3S. The largest absolute Gasteiger partial charge is 0.299 e. The lowest BCUT2D eigenvalue weighted by Crippen LogP contribution is -1.78. The van der Waals surface area contributed by atoms with Crippen molar-refractivity contribution in [3.8, 4) is 0 Å². The Morgan fingerprint density at radius 1 is 1.54 bits per heavy atom. The molecule has 3 nitrogen and oxygen atoms in total. The number of allylic oxidation sites excluding steroid dienone is 2. The lowest BCUT2D eigenvalue weighted by Gasteiger charge is -1.98. The molecule has 0 spiro atoms. The van der Waals surface area contributed by atoms with Crippen LogP contribution in [0, 0.1) is 0 Å². The molecule has 0 saturated carbocycles. The Hall–Kier alpha value is -0.450. The molecule has 4 heteroatoms. The van der Waals surface area contributed by atoms with Gasteiger partial charge in [-0.1, -0.05) is 31.6 Å². The summed E-state index contributed by atoms with van der Waals surface area (Å²) in [6.45, 7) is 9.75. The van der Waals surface area contributed by atoms with E-state index in [1.54, 1.807) is 0 Å². The average molecular weight is 206 g/mol. The van der Waals surface area contributed by atoms with Gasteiger partial charge in [-0.05, 0) is 19.3 Å². The zero-order chi connectivity index (χ0) is 10.7. The second-order valence-corrected chi connectivity index (χ2v) is 3.04. The normalized spacial score (nSPS) is 8.92. The molecule has 0 aliphatic heterocycles. The summed E-state index contributed by atoms with van der Waals surface area (Å²) < 4.78 is 22.8. The van der Waals surface area contributed by atoms with E-state index in [9.17, 15) is 0 Å². The summed E-state index contributed by atoms with van der Waals surface area (Å²) in [6.07, 6.45) is 6.60. The zero-order valence-electron chi connectivity index (χ0n) is 8.03. The van der Waals surface area contributed by atoms with Crippen LogP contribution in [0.4, 0.5) is 0 Å². The van der Waals surface area contributed by atoms with Crippen molar-refractivity contribution in [1.82, 2.24) is 0 Å². The molecular weight excluding hydrogens is 188 g/mol. The average Bonchev–Trinajstić information content (AvgIpc) is 2.00. The van der Waals surface area contributed by atoms with Gasteiger partial charge in [0.2, 0.25) is 0 Å². The number of rotatable bonds is 5. The summed E-state index contributed by atoms with van der Waals surface area (Å²) in [6, 6.07) is 0. The van der Waals surface area contributed by atoms with E-state index in [4.69, 9.17) is 13.3 Å². The fourth-order valence-electron chi connectivity index (χ4n) is 0.733. The summed E-state index contributed by atoms with van der Waals surface area (Å²) in [5.74, 6) is 0.